The second-order valence-corrected chi connectivity index (χ2v) is 5.22. The highest BCUT2D eigenvalue weighted by Crippen LogP contribution is 2.21. The van der Waals surface area contributed by atoms with Gasteiger partial charge in [0.1, 0.15) is 18.4 Å². The Kier molecular flexibility index (Phi) is 4.84. The zero-order valence-corrected chi connectivity index (χ0v) is 12.3. The molecule has 0 amide bonds. The second kappa shape index (κ2) is 6.61. The molecule has 5 nitrogen and oxygen atoms in total. The van der Waals surface area contributed by atoms with E-state index in [1.54, 1.807) is 0 Å². The van der Waals surface area contributed by atoms with E-state index in [1.807, 2.05) is 43.3 Å². The molecule has 2 rings (SSSR count). The SMILES string of the molecule is COC(=O)C(COc1cccc(N(C)C)c1)NC1CC1. The molecule has 1 aliphatic carbocycles. The van der Waals surface area contributed by atoms with Crippen LogP contribution in [0.25, 0.3) is 0 Å². The predicted molar refractivity (Wildman–Crippen MR) is 78.2 cm³/mol. The van der Waals surface area contributed by atoms with Crippen molar-refractivity contribution in [2.75, 3.05) is 32.7 Å². The summed E-state index contributed by atoms with van der Waals surface area (Å²) < 4.78 is 10.5. The van der Waals surface area contributed by atoms with E-state index in [0.29, 0.717) is 6.04 Å². The van der Waals surface area contributed by atoms with Gasteiger partial charge in [-0.1, -0.05) is 6.07 Å². The fraction of sp³-hybridized carbons (Fsp3) is 0.533. The Balaban J connectivity index is 1.93. The van der Waals surface area contributed by atoms with Crippen LogP contribution in [0.15, 0.2) is 24.3 Å². The van der Waals surface area contributed by atoms with Gasteiger partial charge in [0.2, 0.25) is 0 Å². The number of hydrogen-bond donors (Lipinski definition) is 1. The van der Waals surface area contributed by atoms with Crippen molar-refractivity contribution < 1.29 is 14.3 Å². The summed E-state index contributed by atoms with van der Waals surface area (Å²) in [7, 11) is 5.35. The zero-order chi connectivity index (χ0) is 14.5. The van der Waals surface area contributed by atoms with E-state index in [9.17, 15) is 4.79 Å². The number of carbonyl (C=O) groups is 1. The van der Waals surface area contributed by atoms with E-state index < -0.39 is 6.04 Å². The Bertz CT molecular complexity index is 458. The summed E-state index contributed by atoms with van der Waals surface area (Å²) in [5.41, 5.74) is 1.06. The van der Waals surface area contributed by atoms with Crippen molar-refractivity contribution in [3.63, 3.8) is 0 Å². The molecule has 1 aromatic carbocycles. The molecule has 1 N–H and O–H groups in total. The van der Waals surface area contributed by atoms with Crippen molar-refractivity contribution in [1.29, 1.82) is 0 Å². The first-order chi connectivity index (χ1) is 9.60. The highest BCUT2D eigenvalue weighted by Gasteiger charge is 2.29. The van der Waals surface area contributed by atoms with Gasteiger partial charge >= 0.3 is 5.97 Å². The minimum Gasteiger partial charge on any atom is -0.491 e. The van der Waals surface area contributed by atoms with Crippen molar-refractivity contribution in [3.8, 4) is 5.75 Å². The van der Waals surface area contributed by atoms with Crippen LogP contribution < -0.4 is 15.0 Å². The zero-order valence-electron chi connectivity index (χ0n) is 12.3. The molecule has 0 heterocycles. The van der Waals surface area contributed by atoms with Gasteiger partial charge in [-0.15, -0.1) is 0 Å². The van der Waals surface area contributed by atoms with E-state index in [1.165, 1.54) is 7.11 Å². The molecular weight excluding hydrogens is 256 g/mol. The van der Waals surface area contributed by atoms with Gasteiger partial charge in [-0.2, -0.15) is 0 Å². The quantitative estimate of drug-likeness (QED) is 0.765. The molecule has 0 radical (unpaired) electrons. The average molecular weight is 278 g/mol. The number of methoxy groups -OCH3 is 1. The lowest BCUT2D eigenvalue weighted by Gasteiger charge is -2.18. The first-order valence-corrected chi connectivity index (χ1v) is 6.84. The normalized spacial score (nSPS) is 15.6. The van der Waals surface area contributed by atoms with Crippen LogP contribution in [0.5, 0.6) is 5.75 Å². The monoisotopic (exact) mass is 278 g/mol. The van der Waals surface area contributed by atoms with E-state index in [-0.39, 0.29) is 12.6 Å². The Labute approximate surface area is 119 Å². The molecule has 110 valence electrons. The number of anilines is 1. The number of nitrogens with one attached hydrogen (secondary N) is 1. The number of benzene rings is 1. The molecular formula is C15H22N2O3. The molecule has 0 bridgehead atoms. The van der Waals surface area contributed by atoms with Crippen LogP contribution in [0.4, 0.5) is 5.69 Å². The fourth-order valence-electron chi connectivity index (χ4n) is 1.89. The van der Waals surface area contributed by atoms with Gasteiger partial charge in [0.15, 0.2) is 0 Å². The number of rotatable bonds is 7. The molecule has 1 saturated carbocycles. The van der Waals surface area contributed by atoms with E-state index >= 15 is 0 Å². The summed E-state index contributed by atoms with van der Waals surface area (Å²) in [6, 6.07) is 7.80. The molecule has 1 atom stereocenters. The second-order valence-electron chi connectivity index (χ2n) is 5.22. The maximum Gasteiger partial charge on any atom is 0.326 e. The number of esters is 1. The van der Waals surface area contributed by atoms with Crippen LogP contribution in [0.3, 0.4) is 0 Å². The topological polar surface area (TPSA) is 50.8 Å². The summed E-state index contributed by atoms with van der Waals surface area (Å²) in [6.45, 7) is 0.278. The van der Waals surface area contributed by atoms with Crippen molar-refractivity contribution in [3.05, 3.63) is 24.3 Å². The van der Waals surface area contributed by atoms with Crippen molar-refractivity contribution in [1.82, 2.24) is 5.32 Å². The van der Waals surface area contributed by atoms with Gasteiger partial charge in [0.05, 0.1) is 7.11 Å². The van der Waals surface area contributed by atoms with Crippen LogP contribution in [0, 0.1) is 0 Å². The van der Waals surface area contributed by atoms with Crippen LogP contribution >= 0.6 is 0 Å². The molecule has 0 spiro atoms. The van der Waals surface area contributed by atoms with E-state index in [4.69, 9.17) is 9.47 Å². The standard InChI is InChI=1S/C15H22N2O3/c1-17(2)12-5-4-6-13(9-12)20-10-14(15(18)19-3)16-11-7-8-11/h4-6,9,11,14,16H,7-8,10H2,1-3H3. The Morgan fingerprint density at radius 2 is 2.20 bits per heavy atom. The maximum atomic E-state index is 11.7. The van der Waals surface area contributed by atoms with Crippen molar-refractivity contribution >= 4 is 11.7 Å². The summed E-state index contributed by atoms with van der Waals surface area (Å²) in [6.07, 6.45) is 2.23. The molecule has 0 saturated heterocycles. The minimum absolute atomic E-state index is 0.277. The first-order valence-electron chi connectivity index (χ1n) is 6.84. The third kappa shape index (κ3) is 4.13. The summed E-state index contributed by atoms with van der Waals surface area (Å²) in [5.74, 6) is 0.475. The Hall–Kier alpha value is -1.75. The molecule has 20 heavy (non-hydrogen) atoms. The molecule has 1 unspecified atom stereocenters. The minimum atomic E-state index is -0.407. The summed E-state index contributed by atoms with van der Waals surface area (Å²) >= 11 is 0. The van der Waals surface area contributed by atoms with Gasteiger partial charge in [-0.05, 0) is 25.0 Å². The van der Waals surface area contributed by atoms with Gasteiger partial charge in [0.25, 0.3) is 0 Å². The highest BCUT2D eigenvalue weighted by atomic mass is 16.5. The Morgan fingerprint density at radius 1 is 1.45 bits per heavy atom. The average Bonchev–Trinajstić information content (AvgIpc) is 3.26. The van der Waals surface area contributed by atoms with Crippen molar-refractivity contribution in [2.45, 2.75) is 24.9 Å². The maximum absolute atomic E-state index is 11.7. The Morgan fingerprint density at radius 3 is 2.80 bits per heavy atom. The number of hydrogen-bond acceptors (Lipinski definition) is 5. The van der Waals surface area contributed by atoms with E-state index in [0.717, 1.165) is 24.3 Å². The number of carbonyl (C=O) groups excluding carboxylic acids is 1. The van der Waals surface area contributed by atoms with Gasteiger partial charge in [-0.25, -0.2) is 0 Å². The molecule has 1 aliphatic rings. The van der Waals surface area contributed by atoms with Crippen LogP contribution in [0.1, 0.15) is 12.8 Å². The molecule has 5 heteroatoms. The van der Waals surface area contributed by atoms with Gasteiger partial charge in [0, 0.05) is 31.9 Å². The molecule has 1 aromatic rings. The third-order valence-corrected chi connectivity index (χ3v) is 3.25. The number of nitrogens with zero attached hydrogens (tertiary/aromatic N) is 1. The number of ether oxygens (including phenoxy) is 2. The molecule has 1 fully saturated rings. The molecule has 0 aromatic heterocycles. The van der Waals surface area contributed by atoms with Crippen LogP contribution in [-0.4, -0.2) is 45.9 Å². The fourth-order valence-corrected chi connectivity index (χ4v) is 1.89. The van der Waals surface area contributed by atoms with Crippen molar-refractivity contribution in [2.24, 2.45) is 0 Å². The van der Waals surface area contributed by atoms with Crippen LogP contribution in [-0.2, 0) is 9.53 Å². The van der Waals surface area contributed by atoms with E-state index in [2.05, 4.69) is 5.32 Å². The lowest BCUT2D eigenvalue weighted by molar-refractivity contribution is -0.144. The first kappa shape index (κ1) is 14.7. The highest BCUT2D eigenvalue weighted by molar-refractivity contribution is 5.76. The molecule has 0 aliphatic heterocycles. The van der Waals surface area contributed by atoms with Gasteiger partial charge < -0.3 is 14.4 Å². The smallest absolute Gasteiger partial charge is 0.326 e. The predicted octanol–water partition coefficient (Wildman–Crippen LogP) is 1.42. The third-order valence-electron chi connectivity index (χ3n) is 3.25. The summed E-state index contributed by atoms with van der Waals surface area (Å²) in [4.78, 5) is 13.7. The lowest BCUT2D eigenvalue weighted by atomic mass is 10.2. The lowest BCUT2D eigenvalue weighted by Crippen LogP contribution is -2.43. The van der Waals surface area contributed by atoms with Gasteiger partial charge in [-0.3, -0.25) is 10.1 Å². The largest absolute Gasteiger partial charge is 0.491 e. The summed E-state index contributed by atoms with van der Waals surface area (Å²) in [5, 5.41) is 3.24. The van der Waals surface area contributed by atoms with Crippen LogP contribution in [0.2, 0.25) is 0 Å².